The Morgan fingerprint density at radius 1 is 1.43 bits per heavy atom. The molecule has 1 heterocycles. The third kappa shape index (κ3) is 3.73. The van der Waals surface area contributed by atoms with E-state index >= 15 is 0 Å². The van der Waals surface area contributed by atoms with Crippen LogP contribution in [0.2, 0.25) is 0 Å². The fourth-order valence-electron chi connectivity index (χ4n) is 3.16. The zero-order valence-electron chi connectivity index (χ0n) is 13.1. The minimum Gasteiger partial charge on any atom is -0.380 e. The molecule has 2 unspecified atom stereocenters. The van der Waals surface area contributed by atoms with Crippen molar-refractivity contribution in [2.75, 3.05) is 18.4 Å². The molecule has 0 amide bonds. The molecule has 1 aromatic rings. The van der Waals surface area contributed by atoms with Crippen molar-refractivity contribution in [3.05, 3.63) is 33.9 Å². The van der Waals surface area contributed by atoms with Gasteiger partial charge in [0.05, 0.1) is 4.92 Å². The summed E-state index contributed by atoms with van der Waals surface area (Å²) >= 11 is 0. The molecule has 0 radical (unpaired) electrons. The lowest BCUT2D eigenvalue weighted by atomic mass is 9.93. The molecule has 21 heavy (non-hydrogen) atoms. The number of nitro groups is 1. The first kappa shape index (κ1) is 15.8. The van der Waals surface area contributed by atoms with E-state index in [4.69, 9.17) is 0 Å². The molecule has 5 nitrogen and oxygen atoms in total. The molecule has 1 N–H and O–H groups in total. The van der Waals surface area contributed by atoms with Gasteiger partial charge >= 0.3 is 0 Å². The van der Waals surface area contributed by atoms with Gasteiger partial charge in [-0.3, -0.25) is 15.0 Å². The average molecular weight is 291 g/mol. The number of hydrogen-bond donors (Lipinski definition) is 1. The summed E-state index contributed by atoms with van der Waals surface area (Å²) in [5.41, 5.74) is 1.87. The molecule has 5 heteroatoms. The van der Waals surface area contributed by atoms with Crippen LogP contribution in [0.3, 0.4) is 0 Å². The van der Waals surface area contributed by atoms with Gasteiger partial charge in [-0.15, -0.1) is 0 Å². The highest BCUT2D eigenvalue weighted by Gasteiger charge is 2.25. The van der Waals surface area contributed by atoms with Crippen molar-refractivity contribution in [3.63, 3.8) is 0 Å². The molecule has 1 saturated heterocycles. The van der Waals surface area contributed by atoms with E-state index in [1.54, 1.807) is 12.1 Å². The van der Waals surface area contributed by atoms with Crippen LogP contribution in [0.15, 0.2) is 18.2 Å². The predicted octanol–water partition coefficient (Wildman–Crippen LogP) is 3.65. The lowest BCUT2D eigenvalue weighted by Crippen LogP contribution is -2.39. The Morgan fingerprint density at radius 3 is 2.81 bits per heavy atom. The van der Waals surface area contributed by atoms with Crippen LogP contribution in [-0.4, -0.2) is 29.0 Å². The van der Waals surface area contributed by atoms with Gasteiger partial charge in [-0.1, -0.05) is 19.1 Å². The summed E-state index contributed by atoms with van der Waals surface area (Å²) in [6.45, 7) is 9.04. The molecule has 1 aromatic carbocycles. The van der Waals surface area contributed by atoms with Crippen LogP contribution in [0, 0.1) is 16.0 Å². The van der Waals surface area contributed by atoms with Crippen LogP contribution in [0.25, 0.3) is 0 Å². The second kappa shape index (κ2) is 6.89. The number of nitrogens with one attached hydrogen (secondary N) is 1. The molecule has 0 saturated carbocycles. The van der Waals surface area contributed by atoms with Crippen molar-refractivity contribution in [2.45, 2.75) is 46.2 Å². The summed E-state index contributed by atoms with van der Waals surface area (Å²) in [7, 11) is 0. The summed E-state index contributed by atoms with van der Waals surface area (Å²) in [6, 6.07) is 5.88. The summed E-state index contributed by atoms with van der Waals surface area (Å²) in [6.07, 6.45) is 2.40. The second-order valence-corrected chi connectivity index (χ2v) is 6.05. The van der Waals surface area contributed by atoms with Gasteiger partial charge in [-0.25, -0.2) is 0 Å². The van der Waals surface area contributed by atoms with Crippen LogP contribution in [0.5, 0.6) is 0 Å². The number of piperidine rings is 1. The van der Waals surface area contributed by atoms with Crippen LogP contribution >= 0.6 is 0 Å². The summed E-state index contributed by atoms with van der Waals surface area (Å²) < 4.78 is 0. The summed E-state index contributed by atoms with van der Waals surface area (Å²) in [4.78, 5) is 13.3. The molecule has 2 rings (SSSR count). The molecule has 0 aliphatic carbocycles. The normalized spacial score (nSPS) is 23.0. The molecule has 116 valence electrons. The van der Waals surface area contributed by atoms with Gasteiger partial charge in [0.25, 0.3) is 5.69 Å². The third-order valence-corrected chi connectivity index (χ3v) is 4.33. The monoisotopic (exact) mass is 291 g/mol. The number of rotatable bonds is 5. The van der Waals surface area contributed by atoms with E-state index < -0.39 is 0 Å². The van der Waals surface area contributed by atoms with Gasteiger partial charge in [-0.2, -0.15) is 0 Å². The first-order valence-electron chi connectivity index (χ1n) is 7.77. The highest BCUT2D eigenvalue weighted by Crippen LogP contribution is 2.31. The van der Waals surface area contributed by atoms with E-state index in [0.29, 0.717) is 18.3 Å². The highest BCUT2D eigenvalue weighted by atomic mass is 16.6. The highest BCUT2D eigenvalue weighted by molar-refractivity contribution is 5.66. The lowest BCUT2D eigenvalue weighted by Gasteiger charge is -2.36. The average Bonchev–Trinajstić information content (AvgIpc) is 2.43. The maximum absolute atomic E-state index is 11.2. The Morgan fingerprint density at radius 2 is 2.19 bits per heavy atom. The summed E-state index contributed by atoms with van der Waals surface area (Å²) in [5, 5.41) is 14.4. The number of nitro benzene ring substituents is 1. The third-order valence-electron chi connectivity index (χ3n) is 4.33. The van der Waals surface area contributed by atoms with E-state index in [9.17, 15) is 10.1 Å². The van der Waals surface area contributed by atoms with Crippen molar-refractivity contribution in [3.8, 4) is 0 Å². The number of anilines is 1. The zero-order chi connectivity index (χ0) is 15.4. The fourth-order valence-corrected chi connectivity index (χ4v) is 3.16. The van der Waals surface area contributed by atoms with Crippen molar-refractivity contribution < 1.29 is 4.92 Å². The smallest absolute Gasteiger partial charge is 0.292 e. The predicted molar refractivity (Wildman–Crippen MR) is 85.5 cm³/mol. The van der Waals surface area contributed by atoms with Crippen LogP contribution < -0.4 is 5.32 Å². The Labute approximate surface area is 126 Å². The molecule has 0 aromatic heterocycles. The Hall–Kier alpha value is -1.62. The van der Waals surface area contributed by atoms with E-state index in [0.717, 1.165) is 24.6 Å². The molecule has 1 aliphatic heterocycles. The Balaban J connectivity index is 2.23. The fraction of sp³-hybridized carbons (Fsp3) is 0.625. The van der Waals surface area contributed by atoms with E-state index in [2.05, 4.69) is 24.1 Å². The second-order valence-electron chi connectivity index (χ2n) is 6.05. The van der Waals surface area contributed by atoms with E-state index in [1.165, 1.54) is 12.8 Å². The van der Waals surface area contributed by atoms with Gasteiger partial charge < -0.3 is 5.32 Å². The first-order valence-corrected chi connectivity index (χ1v) is 7.77. The van der Waals surface area contributed by atoms with Crippen LogP contribution in [0.1, 0.15) is 39.2 Å². The number of nitrogens with zero attached hydrogens (tertiary/aromatic N) is 2. The number of likely N-dealkylation sites (tertiary alicyclic amines) is 1. The van der Waals surface area contributed by atoms with Gasteiger partial charge in [0.2, 0.25) is 0 Å². The molecular formula is C16H25N3O2. The maximum Gasteiger partial charge on any atom is 0.292 e. The number of benzene rings is 1. The Kier molecular flexibility index (Phi) is 5.17. The number of para-hydroxylation sites is 1. The van der Waals surface area contributed by atoms with Crippen molar-refractivity contribution in [1.82, 2.24) is 4.90 Å². The molecule has 1 fully saturated rings. The largest absolute Gasteiger partial charge is 0.380 e. The van der Waals surface area contributed by atoms with Gasteiger partial charge in [0, 0.05) is 25.2 Å². The molecule has 0 bridgehead atoms. The van der Waals surface area contributed by atoms with E-state index in [-0.39, 0.29) is 10.6 Å². The maximum atomic E-state index is 11.2. The van der Waals surface area contributed by atoms with Gasteiger partial charge in [0.15, 0.2) is 0 Å². The number of hydrogen-bond acceptors (Lipinski definition) is 4. The summed E-state index contributed by atoms with van der Waals surface area (Å²) in [5.74, 6) is 0.773. The molecular weight excluding hydrogens is 266 g/mol. The molecule has 1 aliphatic rings. The molecule has 2 atom stereocenters. The minimum absolute atomic E-state index is 0.174. The molecule has 0 spiro atoms. The van der Waals surface area contributed by atoms with Crippen LogP contribution in [0.4, 0.5) is 11.4 Å². The van der Waals surface area contributed by atoms with Gasteiger partial charge in [-0.05, 0) is 44.7 Å². The van der Waals surface area contributed by atoms with Crippen LogP contribution in [-0.2, 0) is 6.54 Å². The van der Waals surface area contributed by atoms with Gasteiger partial charge in [0.1, 0.15) is 5.69 Å². The van der Waals surface area contributed by atoms with Crippen molar-refractivity contribution >= 4 is 11.4 Å². The van der Waals surface area contributed by atoms with E-state index in [1.807, 2.05) is 13.0 Å². The quantitative estimate of drug-likeness (QED) is 0.664. The SMILES string of the molecule is CCNc1c(CN2CCC(C)CC2C)cccc1[N+](=O)[O-]. The minimum atomic E-state index is -0.302. The lowest BCUT2D eigenvalue weighted by molar-refractivity contribution is -0.384. The topological polar surface area (TPSA) is 58.4 Å². The van der Waals surface area contributed by atoms with Crippen molar-refractivity contribution in [1.29, 1.82) is 0 Å². The standard InChI is InChI=1S/C16H25N3O2/c1-4-17-16-14(6-5-7-15(16)19(20)21)11-18-9-8-12(2)10-13(18)3/h5-7,12-13,17H,4,8-11H2,1-3H3. The Bertz CT molecular complexity index is 504. The first-order chi connectivity index (χ1) is 10.0. The van der Waals surface area contributed by atoms with Crippen molar-refractivity contribution in [2.24, 2.45) is 5.92 Å². The zero-order valence-corrected chi connectivity index (χ0v) is 13.1.